The summed E-state index contributed by atoms with van der Waals surface area (Å²) in [6, 6.07) is 6.27. The standard InChI is InChI=1S/C12H16N4O/c1-10-2-3-12(11(8-10)9-14-15-13)16-4-6-17-7-5-16/h2-3,8H,4-7,9H2,1H3. The smallest absolute Gasteiger partial charge is 0.0642 e. The molecule has 0 saturated carbocycles. The molecule has 1 aliphatic rings. The minimum atomic E-state index is 0.408. The largest absolute Gasteiger partial charge is 0.378 e. The summed E-state index contributed by atoms with van der Waals surface area (Å²) in [4.78, 5) is 5.11. The number of ether oxygens (including phenoxy) is 1. The van der Waals surface area contributed by atoms with Crippen molar-refractivity contribution in [1.82, 2.24) is 0 Å². The van der Waals surface area contributed by atoms with Crippen LogP contribution in [0.1, 0.15) is 11.1 Å². The lowest BCUT2D eigenvalue weighted by Crippen LogP contribution is -2.36. The average molecular weight is 232 g/mol. The van der Waals surface area contributed by atoms with E-state index in [4.69, 9.17) is 10.3 Å². The summed E-state index contributed by atoms with van der Waals surface area (Å²) in [5.74, 6) is 0. The Kier molecular flexibility index (Phi) is 3.85. The molecule has 5 nitrogen and oxygen atoms in total. The van der Waals surface area contributed by atoms with Gasteiger partial charge in [-0.15, -0.1) is 0 Å². The maximum atomic E-state index is 8.42. The Morgan fingerprint density at radius 2 is 2.18 bits per heavy atom. The van der Waals surface area contributed by atoms with E-state index in [9.17, 15) is 0 Å². The van der Waals surface area contributed by atoms with Crippen LogP contribution >= 0.6 is 0 Å². The molecule has 0 spiro atoms. The number of azide groups is 1. The fourth-order valence-corrected chi connectivity index (χ4v) is 2.06. The lowest BCUT2D eigenvalue weighted by molar-refractivity contribution is 0.122. The van der Waals surface area contributed by atoms with Gasteiger partial charge in [0.25, 0.3) is 0 Å². The Morgan fingerprint density at radius 3 is 2.88 bits per heavy atom. The van der Waals surface area contributed by atoms with Crippen molar-refractivity contribution in [2.75, 3.05) is 31.2 Å². The first-order chi connectivity index (χ1) is 8.31. The summed E-state index contributed by atoms with van der Waals surface area (Å²) in [6.07, 6.45) is 0. The van der Waals surface area contributed by atoms with Crippen molar-refractivity contribution in [3.8, 4) is 0 Å². The minimum Gasteiger partial charge on any atom is -0.378 e. The Bertz CT molecular complexity index is 434. The van der Waals surface area contributed by atoms with E-state index < -0.39 is 0 Å². The summed E-state index contributed by atoms with van der Waals surface area (Å²) >= 11 is 0. The Labute approximate surface area is 101 Å². The van der Waals surface area contributed by atoms with Gasteiger partial charge in [-0.2, -0.15) is 0 Å². The van der Waals surface area contributed by atoms with Gasteiger partial charge in [0, 0.05) is 23.7 Å². The molecule has 0 atom stereocenters. The Morgan fingerprint density at radius 1 is 1.41 bits per heavy atom. The van der Waals surface area contributed by atoms with Crippen molar-refractivity contribution < 1.29 is 4.74 Å². The molecule has 1 aromatic carbocycles. The Hall–Kier alpha value is -1.71. The van der Waals surface area contributed by atoms with Crippen LogP contribution in [-0.2, 0) is 11.3 Å². The van der Waals surface area contributed by atoms with E-state index in [2.05, 4.69) is 33.1 Å². The van der Waals surface area contributed by atoms with Crippen LogP contribution in [0, 0.1) is 6.92 Å². The van der Waals surface area contributed by atoms with Crippen LogP contribution < -0.4 is 4.90 Å². The highest BCUT2D eigenvalue weighted by Gasteiger charge is 2.14. The zero-order valence-electron chi connectivity index (χ0n) is 9.96. The van der Waals surface area contributed by atoms with E-state index in [1.807, 2.05) is 6.92 Å². The summed E-state index contributed by atoms with van der Waals surface area (Å²) in [5.41, 5.74) is 11.9. The molecule has 5 heteroatoms. The van der Waals surface area contributed by atoms with Crippen LogP contribution in [0.3, 0.4) is 0 Å². The van der Waals surface area contributed by atoms with Gasteiger partial charge in [-0.05, 0) is 24.1 Å². The first kappa shape index (κ1) is 11.8. The van der Waals surface area contributed by atoms with Crippen molar-refractivity contribution >= 4 is 5.69 Å². The lowest BCUT2D eigenvalue weighted by Gasteiger charge is -2.30. The Balaban J connectivity index is 2.27. The number of aryl methyl sites for hydroxylation is 1. The molecule has 1 saturated heterocycles. The highest BCUT2D eigenvalue weighted by atomic mass is 16.5. The van der Waals surface area contributed by atoms with E-state index in [-0.39, 0.29) is 0 Å². The van der Waals surface area contributed by atoms with Crippen molar-refractivity contribution in [2.24, 2.45) is 5.11 Å². The summed E-state index contributed by atoms with van der Waals surface area (Å²) in [7, 11) is 0. The average Bonchev–Trinajstić information content (AvgIpc) is 2.37. The molecule has 2 rings (SSSR count). The van der Waals surface area contributed by atoms with E-state index in [1.165, 1.54) is 5.56 Å². The molecular formula is C12H16N4O. The normalized spacial score (nSPS) is 15.5. The predicted molar refractivity (Wildman–Crippen MR) is 67.1 cm³/mol. The second kappa shape index (κ2) is 5.57. The molecule has 0 N–H and O–H groups in total. The molecule has 0 unspecified atom stereocenters. The van der Waals surface area contributed by atoms with Crippen LogP contribution in [0.4, 0.5) is 5.69 Å². The zero-order valence-corrected chi connectivity index (χ0v) is 9.96. The van der Waals surface area contributed by atoms with E-state index in [0.717, 1.165) is 37.6 Å². The second-order valence-electron chi connectivity index (χ2n) is 4.12. The quantitative estimate of drug-likeness (QED) is 0.457. The van der Waals surface area contributed by atoms with E-state index in [1.54, 1.807) is 0 Å². The molecule has 0 bridgehead atoms. The van der Waals surface area contributed by atoms with Gasteiger partial charge in [-0.1, -0.05) is 22.8 Å². The molecule has 0 aromatic heterocycles. The van der Waals surface area contributed by atoms with Gasteiger partial charge in [0.2, 0.25) is 0 Å². The number of morpholine rings is 1. The van der Waals surface area contributed by atoms with Crippen LogP contribution in [0.25, 0.3) is 10.4 Å². The van der Waals surface area contributed by atoms with Gasteiger partial charge in [-0.3, -0.25) is 0 Å². The molecule has 1 aromatic rings. The third-order valence-corrected chi connectivity index (χ3v) is 2.89. The van der Waals surface area contributed by atoms with E-state index >= 15 is 0 Å². The summed E-state index contributed by atoms with van der Waals surface area (Å²) < 4.78 is 5.34. The van der Waals surface area contributed by atoms with Crippen LogP contribution in [0.5, 0.6) is 0 Å². The molecule has 0 amide bonds. The topological polar surface area (TPSA) is 61.2 Å². The maximum absolute atomic E-state index is 8.42. The van der Waals surface area contributed by atoms with Crippen LogP contribution in [0.15, 0.2) is 23.3 Å². The highest BCUT2D eigenvalue weighted by Crippen LogP contribution is 2.23. The summed E-state index contributed by atoms with van der Waals surface area (Å²) in [6.45, 7) is 5.76. The van der Waals surface area contributed by atoms with E-state index in [0.29, 0.717) is 6.54 Å². The number of hydrogen-bond donors (Lipinski definition) is 0. The van der Waals surface area contributed by atoms with Crippen LogP contribution in [-0.4, -0.2) is 26.3 Å². The van der Waals surface area contributed by atoms with Gasteiger partial charge < -0.3 is 9.64 Å². The van der Waals surface area contributed by atoms with Crippen molar-refractivity contribution in [3.63, 3.8) is 0 Å². The second-order valence-corrected chi connectivity index (χ2v) is 4.12. The van der Waals surface area contributed by atoms with Gasteiger partial charge in [-0.25, -0.2) is 0 Å². The number of benzene rings is 1. The number of nitrogens with zero attached hydrogens (tertiary/aromatic N) is 4. The summed E-state index contributed by atoms with van der Waals surface area (Å²) in [5, 5.41) is 3.66. The fraction of sp³-hybridized carbons (Fsp3) is 0.500. The molecule has 0 aliphatic carbocycles. The third kappa shape index (κ3) is 2.90. The first-order valence-electron chi connectivity index (χ1n) is 5.74. The van der Waals surface area contributed by atoms with Gasteiger partial charge in [0.05, 0.1) is 19.8 Å². The molecule has 1 fully saturated rings. The SMILES string of the molecule is Cc1ccc(N2CCOCC2)c(CN=[N+]=[N-])c1. The fourth-order valence-electron chi connectivity index (χ4n) is 2.06. The predicted octanol–water partition coefficient (Wildman–Crippen LogP) is 2.64. The monoisotopic (exact) mass is 232 g/mol. The maximum Gasteiger partial charge on any atom is 0.0642 e. The zero-order chi connectivity index (χ0) is 12.1. The molecule has 0 radical (unpaired) electrons. The molecule has 1 aliphatic heterocycles. The first-order valence-corrected chi connectivity index (χ1v) is 5.74. The molecular weight excluding hydrogens is 216 g/mol. The van der Waals surface area contributed by atoms with Crippen molar-refractivity contribution in [3.05, 3.63) is 39.8 Å². The number of hydrogen-bond acceptors (Lipinski definition) is 3. The van der Waals surface area contributed by atoms with Crippen LogP contribution in [0.2, 0.25) is 0 Å². The van der Waals surface area contributed by atoms with Crippen molar-refractivity contribution in [2.45, 2.75) is 13.5 Å². The van der Waals surface area contributed by atoms with Gasteiger partial charge in [0.1, 0.15) is 0 Å². The van der Waals surface area contributed by atoms with Gasteiger partial charge >= 0.3 is 0 Å². The van der Waals surface area contributed by atoms with Gasteiger partial charge in [0.15, 0.2) is 0 Å². The molecule has 17 heavy (non-hydrogen) atoms. The highest BCUT2D eigenvalue weighted by molar-refractivity contribution is 5.55. The van der Waals surface area contributed by atoms with Crippen molar-refractivity contribution in [1.29, 1.82) is 0 Å². The lowest BCUT2D eigenvalue weighted by atomic mass is 10.1. The number of anilines is 1. The third-order valence-electron chi connectivity index (χ3n) is 2.89. The molecule has 1 heterocycles. The number of rotatable bonds is 3. The molecule has 90 valence electrons. The minimum absolute atomic E-state index is 0.408.